The number of carbonyl (C=O) groups excluding carboxylic acids is 1. The smallest absolute Gasteiger partial charge is 0.270 e. The first-order valence-corrected chi connectivity index (χ1v) is 8.96. The van der Waals surface area contributed by atoms with Crippen molar-refractivity contribution in [2.75, 3.05) is 13.7 Å². The summed E-state index contributed by atoms with van der Waals surface area (Å²) in [5, 5.41) is 14.2. The van der Waals surface area contributed by atoms with Gasteiger partial charge in [0, 0.05) is 24.8 Å². The van der Waals surface area contributed by atoms with E-state index < -0.39 is 16.9 Å². The topological polar surface area (TPSA) is 116 Å². The number of nitro groups is 1. The van der Waals surface area contributed by atoms with Gasteiger partial charge in [-0.3, -0.25) is 24.3 Å². The Morgan fingerprint density at radius 3 is 2.76 bits per heavy atom. The molecule has 0 saturated heterocycles. The molecule has 1 amide bonds. The number of para-hydroxylation sites is 1. The highest BCUT2D eigenvalue weighted by atomic mass is 16.6. The monoisotopic (exact) mass is 396 g/mol. The second-order valence-corrected chi connectivity index (χ2v) is 6.44. The lowest BCUT2D eigenvalue weighted by molar-refractivity contribution is -0.384. The number of carbonyl (C=O) groups is 1. The lowest BCUT2D eigenvalue weighted by Crippen LogP contribution is -2.34. The molecule has 0 aliphatic rings. The fourth-order valence-electron chi connectivity index (χ4n) is 3.02. The van der Waals surface area contributed by atoms with Crippen LogP contribution < -0.4 is 10.9 Å². The number of amides is 1. The molecule has 3 aromatic rings. The summed E-state index contributed by atoms with van der Waals surface area (Å²) in [7, 11) is 1.53. The van der Waals surface area contributed by atoms with Crippen LogP contribution in [0.25, 0.3) is 10.9 Å². The van der Waals surface area contributed by atoms with Gasteiger partial charge in [0.1, 0.15) is 5.82 Å². The summed E-state index contributed by atoms with van der Waals surface area (Å²) < 4.78 is 6.57. The van der Waals surface area contributed by atoms with E-state index in [1.807, 2.05) is 0 Å². The molecule has 0 saturated carbocycles. The predicted octanol–water partition coefficient (Wildman–Crippen LogP) is 2.44. The van der Waals surface area contributed by atoms with Crippen LogP contribution in [0.15, 0.2) is 53.3 Å². The number of fused-ring (bicyclic) bond motifs is 1. The molecule has 2 aromatic carbocycles. The van der Waals surface area contributed by atoms with E-state index in [0.29, 0.717) is 23.3 Å². The predicted molar refractivity (Wildman–Crippen MR) is 107 cm³/mol. The quantitative estimate of drug-likeness (QED) is 0.484. The summed E-state index contributed by atoms with van der Waals surface area (Å²) in [4.78, 5) is 40.5. The van der Waals surface area contributed by atoms with E-state index in [0.717, 1.165) is 0 Å². The molecular formula is C20H20N4O5. The van der Waals surface area contributed by atoms with Crippen LogP contribution in [0.1, 0.15) is 29.1 Å². The number of non-ortho nitro benzene ring substituents is 1. The molecule has 0 aliphatic heterocycles. The Hall–Kier alpha value is -3.59. The number of hydrogen-bond acceptors (Lipinski definition) is 6. The highest BCUT2D eigenvalue weighted by Crippen LogP contribution is 2.17. The fraction of sp³-hybridized carbons (Fsp3) is 0.250. The Labute approximate surface area is 166 Å². The van der Waals surface area contributed by atoms with Gasteiger partial charge in [-0.25, -0.2) is 4.98 Å². The minimum Gasteiger partial charge on any atom is -0.383 e. The van der Waals surface area contributed by atoms with Gasteiger partial charge in [-0.05, 0) is 25.1 Å². The molecule has 1 atom stereocenters. The van der Waals surface area contributed by atoms with Crippen molar-refractivity contribution < 1.29 is 14.5 Å². The van der Waals surface area contributed by atoms with Gasteiger partial charge in [0.05, 0.1) is 35.0 Å². The summed E-state index contributed by atoms with van der Waals surface area (Å²) in [6.07, 6.45) is 0. The molecule has 0 radical (unpaired) electrons. The molecule has 1 aromatic heterocycles. The molecule has 1 N–H and O–H groups in total. The largest absolute Gasteiger partial charge is 0.383 e. The van der Waals surface area contributed by atoms with Gasteiger partial charge in [-0.15, -0.1) is 0 Å². The molecule has 0 unspecified atom stereocenters. The van der Waals surface area contributed by atoms with Crippen molar-refractivity contribution in [2.45, 2.75) is 19.5 Å². The normalized spacial score (nSPS) is 11.9. The van der Waals surface area contributed by atoms with Crippen LogP contribution in [-0.2, 0) is 11.3 Å². The minimum atomic E-state index is -0.615. The summed E-state index contributed by atoms with van der Waals surface area (Å²) in [5.41, 5.74) is 0.278. The van der Waals surface area contributed by atoms with E-state index in [-0.39, 0.29) is 23.4 Å². The molecule has 150 valence electrons. The Morgan fingerprint density at radius 2 is 2.03 bits per heavy atom. The molecule has 0 fully saturated rings. The standard InChI is InChI=1S/C20H20N4O5/c1-13(21-19(25)14-6-5-7-15(12-14)24(27)28)18-22-17-9-4-3-8-16(17)20(26)23(18)10-11-29-2/h3-9,12-13H,10-11H2,1-2H3,(H,21,25)/t13-/m1/s1. The molecule has 1 heterocycles. The van der Waals surface area contributed by atoms with Crippen molar-refractivity contribution in [1.82, 2.24) is 14.9 Å². The average molecular weight is 396 g/mol. The third-order valence-electron chi connectivity index (χ3n) is 4.46. The van der Waals surface area contributed by atoms with Crippen LogP contribution in [0.5, 0.6) is 0 Å². The third kappa shape index (κ3) is 4.30. The number of rotatable bonds is 7. The van der Waals surface area contributed by atoms with Crippen LogP contribution in [0.2, 0.25) is 0 Å². The minimum absolute atomic E-state index is 0.151. The highest BCUT2D eigenvalue weighted by molar-refractivity contribution is 5.95. The summed E-state index contributed by atoms with van der Waals surface area (Å²) >= 11 is 0. The first-order valence-electron chi connectivity index (χ1n) is 8.96. The highest BCUT2D eigenvalue weighted by Gasteiger charge is 2.20. The molecule has 0 bridgehead atoms. The molecule has 0 spiro atoms. The van der Waals surface area contributed by atoms with Crippen molar-refractivity contribution in [3.05, 3.63) is 80.4 Å². The van der Waals surface area contributed by atoms with E-state index in [9.17, 15) is 19.7 Å². The van der Waals surface area contributed by atoms with E-state index in [1.54, 1.807) is 31.2 Å². The van der Waals surface area contributed by atoms with E-state index >= 15 is 0 Å². The zero-order valence-electron chi connectivity index (χ0n) is 16.0. The Bertz CT molecular complexity index is 1130. The van der Waals surface area contributed by atoms with Crippen LogP contribution in [0, 0.1) is 10.1 Å². The number of nitrogens with one attached hydrogen (secondary N) is 1. The molecule has 9 heteroatoms. The summed E-state index contributed by atoms with van der Waals surface area (Å²) in [6.45, 7) is 2.28. The van der Waals surface area contributed by atoms with Crippen LogP contribution >= 0.6 is 0 Å². The second-order valence-electron chi connectivity index (χ2n) is 6.44. The number of nitrogens with zero attached hydrogens (tertiary/aromatic N) is 3. The maximum absolute atomic E-state index is 12.9. The van der Waals surface area contributed by atoms with E-state index in [4.69, 9.17) is 4.74 Å². The molecule has 0 aliphatic carbocycles. The van der Waals surface area contributed by atoms with Crippen molar-refractivity contribution in [1.29, 1.82) is 0 Å². The van der Waals surface area contributed by atoms with E-state index in [2.05, 4.69) is 10.3 Å². The van der Waals surface area contributed by atoms with Gasteiger partial charge in [-0.1, -0.05) is 18.2 Å². The Kier molecular flexibility index (Phi) is 5.99. The number of benzene rings is 2. The van der Waals surface area contributed by atoms with Crippen LogP contribution in [0.4, 0.5) is 5.69 Å². The third-order valence-corrected chi connectivity index (χ3v) is 4.46. The van der Waals surface area contributed by atoms with Crippen molar-refractivity contribution in [3.63, 3.8) is 0 Å². The lowest BCUT2D eigenvalue weighted by Gasteiger charge is -2.19. The zero-order valence-corrected chi connectivity index (χ0v) is 16.0. The van der Waals surface area contributed by atoms with Crippen molar-refractivity contribution in [2.24, 2.45) is 0 Å². The Morgan fingerprint density at radius 1 is 1.28 bits per heavy atom. The number of ether oxygens (including phenoxy) is 1. The van der Waals surface area contributed by atoms with Gasteiger partial charge in [0.25, 0.3) is 17.2 Å². The summed E-state index contributed by atoms with van der Waals surface area (Å²) in [5.74, 6) is -0.119. The number of hydrogen-bond donors (Lipinski definition) is 1. The van der Waals surface area contributed by atoms with Gasteiger partial charge >= 0.3 is 0 Å². The first kappa shape index (κ1) is 20.2. The molecule has 9 nitrogen and oxygen atoms in total. The molecule has 3 rings (SSSR count). The first-order chi connectivity index (χ1) is 13.9. The van der Waals surface area contributed by atoms with Crippen molar-refractivity contribution in [3.8, 4) is 0 Å². The lowest BCUT2D eigenvalue weighted by atomic mass is 10.1. The fourth-order valence-corrected chi connectivity index (χ4v) is 3.02. The van der Waals surface area contributed by atoms with E-state index in [1.165, 1.54) is 35.9 Å². The van der Waals surface area contributed by atoms with Crippen LogP contribution in [0.3, 0.4) is 0 Å². The molecule has 29 heavy (non-hydrogen) atoms. The van der Waals surface area contributed by atoms with Gasteiger partial charge in [0.2, 0.25) is 0 Å². The number of aromatic nitrogens is 2. The molecular weight excluding hydrogens is 376 g/mol. The number of nitro benzene ring substituents is 1. The average Bonchev–Trinajstić information content (AvgIpc) is 2.73. The van der Waals surface area contributed by atoms with Crippen molar-refractivity contribution >= 4 is 22.5 Å². The van der Waals surface area contributed by atoms with Gasteiger partial charge in [0.15, 0.2) is 0 Å². The summed E-state index contributed by atoms with van der Waals surface area (Å²) in [6, 6.07) is 11.8. The Balaban J connectivity index is 1.96. The van der Waals surface area contributed by atoms with Gasteiger partial charge < -0.3 is 10.1 Å². The zero-order chi connectivity index (χ0) is 21.0. The number of methoxy groups -OCH3 is 1. The van der Waals surface area contributed by atoms with Crippen LogP contribution in [-0.4, -0.2) is 34.1 Å². The second kappa shape index (κ2) is 8.61. The maximum atomic E-state index is 12.9. The maximum Gasteiger partial charge on any atom is 0.270 e. The SMILES string of the molecule is COCCn1c([C@@H](C)NC(=O)c2cccc([N+](=O)[O-])c2)nc2ccccc2c1=O. The van der Waals surface area contributed by atoms with Gasteiger partial charge in [-0.2, -0.15) is 0 Å².